The van der Waals surface area contributed by atoms with Gasteiger partial charge < -0.3 is 9.88 Å². The van der Waals surface area contributed by atoms with Crippen LogP contribution in [0.25, 0.3) is 11.5 Å². The van der Waals surface area contributed by atoms with Crippen LogP contribution in [0.15, 0.2) is 85.3 Å². The van der Waals surface area contributed by atoms with Crippen LogP contribution in [0.5, 0.6) is 0 Å². The van der Waals surface area contributed by atoms with Crippen molar-refractivity contribution in [1.29, 1.82) is 0 Å². The summed E-state index contributed by atoms with van der Waals surface area (Å²) in [6, 6.07) is 19.8. The van der Waals surface area contributed by atoms with Gasteiger partial charge in [0.1, 0.15) is 11.4 Å². The number of amides is 1. The molecule has 0 radical (unpaired) electrons. The van der Waals surface area contributed by atoms with Gasteiger partial charge in [-0.2, -0.15) is 5.10 Å². The van der Waals surface area contributed by atoms with Crippen molar-refractivity contribution < 1.29 is 9.18 Å². The normalized spacial score (nSPS) is 11.9. The Morgan fingerprint density at radius 2 is 1.72 bits per heavy atom. The summed E-state index contributed by atoms with van der Waals surface area (Å²) in [5, 5.41) is 7.40. The van der Waals surface area contributed by atoms with E-state index >= 15 is 0 Å². The van der Waals surface area contributed by atoms with E-state index in [0.717, 1.165) is 0 Å². The fourth-order valence-electron chi connectivity index (χ4n) is 3.24. The van der Waals surface area contributed by atoms with Gasteiger partial charge in [-0.1, -0.05) is 37.3 Å². The molecule has 0 fully saturated rings. The van der Waals surface area contributed by atoms with Crippen molar-refractivity contribution in [3.05, 3.63) is 102 Å². The standard InChI is InChI=1S/C23H21FN4O/c1-17(18-7-3-2-4-8-18)15-25-22(29)21-16-26-28(20-11-9-19(24)10-12-20)23(21)27-13-5-6-14-27/h2-14,16-17H,15H2,1H3,(H,25,29)/t17-/m0/s1. The van der Waals surface area contributed by atoms with E-state index in [1.807, 2.05) is 47.3 Å². The molecule has 0 aliphatic rings. The number of hydrogen-bond acceptors (Lipinski definition) is 2. The quantitative estimate of drug-likeness (QED) is 0.534. The zero-order valence-corrected chi connectivity index (χ0v) is 16.0. The van der Waals surface area contributed by atoms with Gasteiger partial charge in [-0.05, 0) is 47.9 Å². The SMILES string of the molecule is C[C@@H](CNC(=O)c1cnn(-c2ccc(F)cc2)c1-n1cccc1)c1ccccc1. The molecular formula is C23H21FN4O. The molecule has 2 aromatic carbocycles. The van der Waals surface area contributed by atoms with Gasteiger partial charge in [-0.15, -0.1) is 0 Å². The molecule has 0 spiro atoms. The van der Waals surface area contributed by atoms with Crippen LogP contribution in [0.4, 0.5) is 4.39 Å². The highest BCUT2D eigenvalue weighted by molar-refractivity contribution is 5.97. The van der Waals surface area contributed by atoms with Gasteiger partial charge in [0.2, 0.25) is 0 Å². The second-order valence-electron chi connectivity index (χ2n) is 6.88. The van der Waals surface area contributed by atoms with Crippen molar-refractivity contribution in [3.8, 4) is 11.5 Å². The second kappa shape index (κ2) is 8.14. The number of aromatic nitrogens is 3. The summed E-state index contributed by atoms with van der Waals surface area (Å²) >= 11 is 0. The molecule has 1 amide bonds. The first-order chi connectivity index (χ1) is 14.1. The molecule has 0 aliphatic carbocycles. The summed E-state index contributed by atoms with van der Waals surface area (Å²) in [6.45, 7) is 2.58. The van der Waals surface area contributed by atoms with Crippen molar-refractivity contribution in [2.75, 3.05) is 6.54 Å². The molecular weight excluding hydrogens is 367 g/mol. The molecule has 0 saturated heterocycles. The van der Waals surface area contributed by atoms with E-state index in [4.69, 9.17) is 0 Å². The first-order valence-electron chi connectivity index (χ1n) is 9.44. The van der Waals surface area contributed by atoms with Gasteiger partial charge >= 0.3 is 0 Å². The molecule has 0 unspecified atom stereocenters. The third kappa shape index (κ3) is 3.96. The average Bonchev–Trinajstić information content (AvgIpc) is 3.42. The zero-order chi connectivity index (χ0) is 20.2. The molecule has 4 aromatic rings. The number of nitrogens with one attached hydrogen (secondary N) is 1. The monoisotopic (exact) mass is 388 g/mol. The molecule has 1 N–H and O–H groups in total. The summed E-state index contributed by atoms with van der Waals surface area (Å²) in [4.78, 5) is 13.0. The fourth-order valence-corrected chi connectivity index (χ4v) is 3.24. The molecule has 0 bridgehead atoms. The Balaban J connectivity index is 1.61. The Hall–Kier alpha value is -3.67. The summed E-state index contributed by atoms with van der Waals surface area (Å²) in [5.74, 6) is 0.259. The van der Waals surface area contributed by atoms with Crippen LogP contribution in [0, 0.1) is 5.82 Å². The molecule has 146 valence electrons. The van der Waals surface area contributed by atoms with Gasteiger partial charge in [-0.25, -0.2) is 9.07 Å². The number of halogens is 1. The predicted octanol–water partition coefficient (Wildman–Crippen LogP) is 4.34. The average molecular weight is 388 g/mol. The van der Waals surface area contributed by atoms with E-state index in [9.17, 15) is 9.18 Å². The van der Waals surface area contributed by atoms with Crippen LogP contribution < -0.4 is 5.32 Å². The molecule has 2 aromatic heterocycles. The first kappa shape index (κ1) is 18.7. The Morgan fingerprint density at radius 1 is 1.03 bits per heavy atom. The number of carbonyl (C=O) groups excluding carboxylic acids is 1. The molecule has 6 heteroatoms. The number of hydrogen-bond donors (Lipinski definition) is 1. The van der Waals surface area contributed by atoms with Gasteiger partial charge in [-0.3, -0.25) is 4.79 Å². The number of nitrogens with zero attached hydrogens (tertiary/aromatic N) is 3. The molecule has 29 heavy (non-hydrogen) atoms. The maximum Gasteiger partial charge on any atom is 0.256 e. The smallest absolute Gasteiger partial charge is 0.256 e. The van der Waals surface area contributed by atoms with Crippen LogP contribution in [-0.4, -0.2) is 26.8 Å². The van der Waals surface area contributed by atoms with E-state index in [1.54, 1.807) is 23.0 Å². The second-order valence-corrected chi connectivity index (χ2v) is 6.88. The van der Waals surface area contributed by atoms with Crippen molar-refractivity contribution in [1.82, 2.24) is 19.7 Å². The lowest BCUT2D eigenvalue weighted by molar-refractivity contribution is 0.0951. The highest BCUT2D eigenvalue weighted by atomic mass is 19.1. The third-order valence-corrected chi connectivity index (χ3v) is 4.85. The molecule has 2 heterocycles. The summed E-state index contributed by atoms with van der Waals surface area (Å²) in [6.07, 6.45) is 5.24. The van der Waals surface area contributed by atoms with Gasteiger partial charge in [0.25, 0.3) is 5.91 Å². The van der Waals surface area contributed by atoms with E-state index in [2.05, 4.69) is 29.5 Å². The van der Waals surface area contributed by atoms with Crippen LogP contribution in [0.1, 0.15) is 28.8 Å². The topological polar surface area (TPSA) is 51.9 Å². The lowest BCUT2D eigenvalue weighted by Gasteiger charge is -2.14. The van der Waals surface area contributed by atoms with E-state index in [1.165, 1.54) is 17.7 Å². The largest absolute Gasteiger partial charge is 0.351 e. The Labute approximate surface area is 168 Å². The van der Waals surface area contributed by atoms with Gasteiger partial charge in [0.05, 0.1) is 11.9 Å². The van der Waals surface area contributed by atoms with Crippen LogP contribution in [0.3, 0.4) is 0 Å². The summed E-state index contributed by atoms with van der Waals surface area (Å²) < 4.78 is 16.8. The third-order valence-electron chi connectivity index (χ3n) is 4.85. The molecule has 1 atom stereocenters. The maximum atomic E-state index is 13.3. The Morgan fingerprint density at radius 3 is 2.41 bits per heavy atom. The first-order valence-corrected chi connectivity index (χ1v) is 9.44. The minimum atomic E-state index is -0.323. The zero-order valence-electron chi connectivity index (χ0n) is 16.0. The number of rotatable bonds is 6. The van der Waals surface area contributed by atoms with Crippen molar-refractivity contribution >= 4 is 5.91 Å². The maximum absolute atomic E-state index is 13.3. The molecule has 5 nitrogen and oxygen atoms in total. The summed E-state index contributed by atoms with van der Waals surface area (Å²) in [5.41, 5.74) is 2.29. The minimum Gasteiger partial charge on any atom is -0.351 e. The molecule has 0 saturated carbocycles. The highest BCUT2D eigenvalue weighted by Gasteiger charge is 2.20. The summed E-state index contributed by atoms with van der Waals surface area (Å²) in [7, 11) is 0. The highest BCUT2D eigenvalue weighted by Crippen LogP contribution is 2.21. The van der Waals surface area contributed by atoms with Gasteiger partial charge in [0.15, 0.2) is 5.82 Å². The van der Waals surface area contributed by atoms with Crippen molar-refractivity contribution in [2.24, 2.45) is 0 Å². The molecule has 4 rings (SSSR count). The van der Waals surface area contributed by atoms with Crippen LogP contribution in [0.2, 0.25) is 0 Å². The van der Waals surface area contributed by atoms with Crippen molar-refractivity contribution in [3.63, 3.8) is 0 Å². The van der Waals surface area contributed by atoms with Gasteiger partial charge in [0, 0.05) is 18.9 Å². The predicted molar refractivity (Wildman–Crippen MR) is 110 cm³/mol. The van der Waals surface area contributed by atoms with E-state index in [-0.39, 0.29) is 17.6 Å². The van der Waals surface area contributed by atoms with Crippen LogP contribution >= 0.6 is 0 Å². The number of carbonyl (C=O) groups is 1. The molecule has 0 aliphatic heterocycles. The van der Waals surface area contributed by atoms with E-state index < -0.39 is 0 Å². The van der Waals surface area contributed by atoms with Crippen LogP contribution in [-0.2, 0) is 0 Å². The lowest BCUT2D eigenvalue weighted by atomic mass is 10.0. The van der Waals surface area contributed by atoms with E-state index in [0.29, 0.717) is 23.6 Å². The van der Waals surface area contributed by atoms with Crippen molar-refractivity contribution in [2.45, 2.75) is 12.8 Å². The number of benzene rings is 2. The Kier molecular flexibility index (Phi) is 5.24. The minimum absolute atomic E-state index is 0.183. The Bertz CT molecular complexity index is 1090. The fraction of sp³-hybridized carbons (Fsp3) is 0.130. The lowest BCUT2D eigenvalue weighted by Crippen LogP contribution is -2.28.